The van der Waals surface area contributed by atoms with E-state index in [2.05, 4.69) is 10.6 Å². The molecule has 84 valence electrons. The molecule has 1 aromatic rings. The number of fused-ring (bicyclic) bond motifs is 1. The molecule has 1 aromatic carbocycles. The Morgan fingerprint density at radius 3 is 2.94 bits per heavy atom. The van der Waals surface area contributed by atoms with Gasteiger partial charge in [0.05, 0.1) is 12.1 Å². The predicted molar refractivity (Wildman–Crippen MR) is 54.7 cm³/mol. The molecule has 0 aliphatic carbocycles. The molecule has 1 aliphatic heterocycles. The second-order valence-electron chi connectivity index (χ2n) is 3.45. The number of amides is 1. The van der Waals surface area contributed by atoms with Gasteiger partial charge in [-0.15, -0.1) is 0 Å². The Labute approximate surface area is 90.3 Å². The van der Waals surface area contributed by atoms with Crippen molar-refractivity contribution in [3.8, 4) is 0 Å². The zero-order valence-corrected chi connectivity index (χ0v) is 8.16. The van der Waals surface area contributed by atoms with E-state index < -0.39 is 23.7 Å². The maximum absolute atomic E-state index is 13.3. The average molecular weight is 224 g/mol. The average Bonchev–Trinajstić information content (AvgIpc) is 2.20. The van der Waals surface area contributed by atoms with Crippen LogP contribution in [0.25, 0.3) is 0 Å². The van der Waals surface area contributed by atoms with Gasteiger partial charge in [0.25, 0.3) is 0 Å². The van der Waals surface area contributed by atoms with Crippen molar-refractivity contribution >= 4 is 23.3 Å². The zero-order chi connectivity index (χ0) is 11.7. The minimum absolute atomic E-state index is 0.0640. The van der Waals surface area contributed by atoms with Gasteiger partial charge in [-0.2, -0.15) is 0 Å². The fourth-order valence-corrected chi connectivity index (χ4v) is 1.55. The van der Waals surface area contributed by atoms with Crippen molar-refractivity contribution in [2.75, 3.05) is 10.6 Å². The topological polar surface area (TPSA) is 78.4 Å². The van der Waals surface area contributed by atoms with E-state index in [1.165, 1.54) is 12.1 Å². The molecule has 0 radical (unpaired) electrons. The van der Waals surface area contributed by atoms with E-state index in [4.69, 9.17) is 5.11 Å². The number of halogens is 1. The van der Waals surface area contributed by atoms with Crippen LogP contribution < -0.4 is 10.6 Å². The molecule has 1 amide bonds. The van der Waals surface area contributed by atoms with Gasteiger partial charge >= 0.3 is 5.97 Å². The molecule has 0 aromatic heterocycles. The lowest BCUT2D eigenvalue weighted by atomic mass is 10.1. The third-order valence-corrected chi connectivity index (χ3v) is 2.29. The summed E-state index contributed by atoms with van der Waals surface area (Å²) in [6, 6.07) is 3.41. The largest absolute Gasteiger partial charge is 0.481 e. The van der Waals surface area contributed by atoms with Gasteiger partial charge in [0.1, 0.15) is 17.5 Å². The second kappa shape index (κ2) is 3.80. The quantitative estimate of drug-likeness (QED) is 0.701. The summed E-state index contributed by atoms with van der Waals surface area (Å²) >= 11 is 0. The molecule has 1 aliphatic rings. The number of carbonyl (C=O) groups is 2. The van der Waals surface area contributed by atoms with Gasteiger partial charge in [-0.3, -0.25) is 9.59 Å². The molecule has 1 heterocycles. The van der Waals surface area contributed by atoms with E-state index in [-0.39, 0.29) is 12.1 Å². The molecular formula is C10H9FN2O3. The first kappa shape index (κ1) is 10.4. The highest BCUT2D eigenvalue weighted by Crippen LogP contribution is 2.29. The fraction of sp³-hybridized carbons (Fsp3) is 0.200. The van der Waals surface area contributed by atoms with Crippen molar-refractivity contribution in [3.63, 3.8) is 0 Å². The molecule has 0 fully saturated rings. The van der Waals surface area contributed by atoms with Crippen LogP contribution >= 0.6 is 0 Å². The molecule has 16 heavy (non-hydrogen) atoms. The number of carboxylic acid groups (broad SMARTS) is 1. The van der Waals surface area contributed by atoms with E-state index >= 15 is 0 Å². The minimum Gasteiger partial charge on any atom is -0.481 e. The number of carbonyl (C=O) groups excluding carboxylic acids is 1. The number of hydrogen-bond acceptors (Lipinski definition) is 3. The highest BCUT2D eigenvalue weighted by Gasteiger charge is 2.28. The summed E-state index contributed by atoms with van der Waals surface area (Å²) in [5.41, 5.74) is 0.458. The molecule has 0 spiro atoms. The lowest BCUT2D eigenvalue weighted by Crippen LogP contribution is -2.40. The van der Waals surface area contributed by atoms with Crippen LogP contribution in [0.3, 0.4) is 0 Å². The van der Waals surface area contributed by atoms with Crippen molar-refractivity contribution in [1.82, 2.24) is 0 Å². The summed E-state index contributed by atoms with van der Waals surface area (Å²) in [7, 11) is 0. The Morgan fingerprint density at radius 2 is 2.25 bits per heavy atom. The van der Waals surface area contributed by atoms with E-state index in [9.17, 15) is 14.0 Å². The van der Waals surface area contributed by atoms with Crippen LogP contribution in [-0.2, 0) is 9.59 Å². The van der Waals surface area contributed by atoms with Crippen molar-refractivity contribution < 1.29 is 19.1 Å². The maximum atomic E-state index is 13.3. The first-order valence-electron chi connectivity index (χ1n) is 4.65. The maximum Gasteiger partial charge on any atom is 0.305 e. The van der Waals surface area contributed by atoms with Crippen molar-refractivity contribution in [2.24, 2.45) is 0 Å². The van der Waals surface area contributed by atoms with Crippen LogP contribution in [0.5, 0.6) is 0 Å². The van der Waals surface area contributed by atoms with Crippen molar-refractivity contribution in [1.29, 1.82) is 0 Å². The second-order valence-corrected chi connectivity index (χ2v) is 3.45. The van der Waals surface area contributed by atoms with Crippen LogP contribution in [0.4, 0.5) is 15.8 Å². The molecule has 0 saturated heterocycles. The summed E-state index contributed by atoms with van der Waals surface area (Å²) in [6.07, 6.45) is -0.345. The Kier molecular flexibility index (Phi) is 2.47. The monoisotopic (exact) mass is 224 g/mol. The smallest absolute Gasteiger partial charge is 0.305 e. The molecule has 0 saturated carbocycles. The van der Waals surface area contributed by atoms with E-state index in [1.807, 2.05) is 0 Å². The Balaban J connectivity index is 2.28. The molecule has 1 atom stereocenters. The first-order chi connectivity index (χ1) is 7.58. The zero-order valence-electron chi connectivity index (χ0n) is 8.16. The summed E-state index contributed by atoms with van der Waals surface area (Å²) in [4.78, 5) is 21.9. The Hall–Kier alpha value is -2.11. The van der Waals surface area contributed by atoms with Gasteiger partial charge in [0, 0.05) is 0 Å². The van der Waals surface area contributed by atoms with Crippen LogP contribution in [0.15, 0.2) is 18.2 Å². The van der Waals surface area contributed by atoms with E-state index in [0.29, 0.717) is 5.69 Å². The van der Waals surface area contributed by atoms with Gasteiger partial charge in [-0.25, -0.2) is 4.39 Å². The van der Waals surface area contributed by atoms with Crippen molar-refractivity contribution in [2.45, 2.75) is 12.5 Å². The van der Waals surface area contributed by atoms with Gasteiger partial charge in [-0.05, 0) is 12.1 Å². The summed E-state index contributed by atoms with van der Waals surface area (Å²) in [6.45, 7) is 0. The van der Waals surface area contributed by atoms with Crippen LogP contribution in [0.2, 0.25) is 0 Å². The third kappa shape index (κ3) is 1.81. The normalized spacial score (nSPS) is 18.3. The summed E-state index contributed by atoms with van der Waals surface area (Å²) in [5.74, 6) is -2.18. The number of benzene rings is 1. The lowest BCUT2D eigenvalue weighted by Gasteiger charge is -2.25. The molecule has 5 nitrogen and oxygen atoms in total. The van der Waals surface area contributed by atoms with Gasteiger partial charge in [-0.1, -0.05) is 6.07 Å². The van der Waals surface area contributed by atoms with Crippen molar-refractivity contribution in [3.05, 3.63) is 24.0 Å². The van der Waals surface area contributed by atoms with E-state index in [0.717, 1.165) is 0 Å². The molecule has 2 rings (SSSR count). The standard InChI is InChI=1S/C10H9FN2O3/c11-5-2-1-3-6-9(5)13-10(16)7(12-6)4-8(14)15/h1-3,7,12H,4H2,(H,13,16)(H,14,15). The number of anilines is 2. The summed E-state index contributed by atoms with van der Waals surface area (Å²) < 4.78 is 13.3. The van der Waals surface area contributed by atoms with E-state index in [1.54, 1.807) is 6.07 Å². The van der Waals surface area contributed by atoms with Crippen LogP contribution in [-0.4, -0.2) is 23.0 Å². The van der Waals surface area contributed by atoms with Gasteiger partial charge in [0.15, 0.2) is 0 Å². The highest BCUT2D eigenvalue weighted by molar-refractivity contribution is 6.04. The van der Waals surface area contributed by atoms with Crippen LogP contribution in [0, 0.1) is 5.82 Å². The predicted octanol–water partition coefficient (Wildman–Crippen LogP) is 1.03. The SMILES string of the molecule is O=C(O)CC1Nc2cccc(F)c2NC1=O. The molecule has 1 unspecified atom stereocenters. The summed E-state index contributed by atoms with van der Waals surface area (Å²) in [5, 5.41) is 13.6. The number of carboxylic acids is 1. The number of rotatable bonds is 2. The molecule has 6 heteroatoms. The molecule has 3 N–H and O–H groups in total. The molecule has 0 bridgehead atoms. The number of para-hydroxylation sites is 1. The van der Waals surface area contributed by atoms with Gasteiger partial charge < -0.3 is 15.7 Å². The number of aliphatic carboxylic acids is 1. The Bertz CT molecular complexity index is 461. The third-order valence-electron chi connectivity index (χ3n) is 2.29. The first-order valence-corrected chi connectivity index (χ1v) is 4.65. The Morgan fingerprint density at radius 1 is 1.50 bits per heavy atom. The van der Waals surface area contributed by atoms with Gasteiger partial charge in [0.2, 0.25) is 5.91 Å². The number of hydrogen-bond donors (Lipinski definition) is 3. The lowest BCUT2D eigenvalue weighted by molar-refractivity contribution is -0.138. The number of nitrogens with one attached hydrogen (secondary N) is 2. The molecular weight excluding hydrogens is 215 g/mol. The fourth-order valence-electron chi connectivity index (χ4n) is 1.55. The van der Waals surface area contributed by atoms with Crippen LogP contribution in [0.1, 0.15) is 6.42 Å². The highest BCUT2D eigenvalue weighted by atomic mass is 19.1. The minimum atomic E-state index is -1.09.